The summed E-state index contributed by atoms with van der Waals surface area (Å²) in [6, 6.07) is 9.20. The summed E-state index contributed by atoms with van der Waals surface area (Å²) in [6.45, 7) is 8.06. The maximum atomic E-state index is 12.3. The van der Waals surface area contributed by atoms with Crippen molar-refractivity contribution in [2.75, 3.05) is 14.2 Å². The van der Waals surface area contributed by atoms with Crippen molar-refractivity contribution in [3.63, 3.8) is 0 Å². The standard InChI is InChI=1S/C20H24N2O3/c1-12-9-14(3)17(10-13(12)2)15(4)21-22-20(23)16-7-8-18(24-5)19(11-16)25-6/h7-11H,1-6H3,(H,22,23)/b21-15+. The number of methoxy groups -OCH3 is 2. The molecular weight excluding hydrogens is 316 g/mol. The van der Waals surface area contributed by atoms with Gasteiger partial charge in [-0.05, 0) is 68.7 Å². The molecule has 0 bridgehead atoms. The lowest BCUT2D eigenvalue weighted by molar-refractivity contribution is 0.0954. The lowest BCUT2D eigenvalue weighted by atomic mass is 9.98. The molecular formula is C20H24N2O3. The molecule has 0 aliphatic carbocycles. The van der Waals surface area contributed by atoms with Crippen molar-refractivity contribution in [3.8, 4) is 11.5 Å². The predicted molar refractivity (Wildman–Crippen MR) is 99.9 cm³/mol. The first-order valence-electron chi connectivity index (χ1n) is 8.02. The van der Waals surface area contributed by atoms with Crippen molar-refractivity contribution in [3.05, 3.63) is 58.1 Å². The van der Waals surface area contributed by atoms with Crippen molar-refractivity contribution in [1.29, 1.82) is 0 Å². The SMILES string of the molecule is COc1ccc(C(=O)N/N=C(\C)c2cc(C)c(C)cc2C)cc1OC. The van der Waals surface area contributed by atoms with Gasteiger partial charge in [-0.15, -0.1) is 0 Å². The van der Waals surface area contributed by atoms with E-state index in [9.17, 15) is 4.79 Å². The Morgan fingerprint density at radius 1 is 0.920 bits per heavy atom. The van der Waals surface area contributed by atoms with Crippen LogP contribution in [0.5, 0.6) is 11.5 Å². The Morgan fingerprint density at radius 3 is 2.20 bits per heavy atom. The highest BCUT2D eigenvalue weighted by Gasteiger charge is 2.11. The highest BCUT2D eigenvalue weighted by molar-refractivity contribution is 6.02. The number of hydrogen-bond donors (Lipinski definition) is 1. The summed E-state index contributed by atoms with van der Waals surface area (Å²) in [4.78, 5) is 12.3. The maximum Gasteiger partial charge on any atom is 0.271 e. The van der Waals surface area contributed by atoms with Crippen LogP contribution in [0.2, 0.25) is 0 Å². The number of aryl methyl sites for hydroxylation is 3. The second-order valence-corrected chi connectivity index (χ2v) is 5.96. The van der Waals surface area contributed by atoms with Crippen LogP contribution in [0.3, 0.4) is 0 Å². The first-order chi connectivity index (χ1) is 11.9. The van der Waals surface area contributed by atoms with Crippen molar-refractivity contribution in [2.45, 2.75) is 27.7 Å². The van der Waals surface area contributed by atoms with E-state index in [0.29, 0.717) is 17.1 Å². The molecule has 5 heteroatoms. The third-order valence-corrected chi connectivity index (χ3v) is 4.20. The molecule has 2 rings (SSSR count). The zero-order chi connectivity index (χ0) is 18.6. The highest BCUT2D eigenvalue weighted by atomic mass is 16.5. The molecule has 0 heterocycles. The Kier molecular flexibility index (Phi) is 5.80. The van der Waals surface area contributed by atoms with Crippen molar-refractivity contribution in [2.24, 2.45) is 5.10 Å². The smallest absolute Gasteiger partial charge is 0.271 e. The molecule has 1 N–H and O–H groups in total. The number of carbonyl (C=O) groups is 1. The van der Waals surface area contributed by atoms with Gasteiger partial charge in [-0.2, -0.15) is 5.10 Å². The minimum absolute atomic E-state index is 0.304. The predicted octanol–water partition coefficient (Wildman–Crippen LogP) is 3.78. The zero-order valence-corrected chi connectivity index (χ0v) is 15.6. The van der Waals surface area contributed by atoms with Crippen LogP contribution >= 0.6 is 0 Å². The number of hydrazone groups is 1. The molecule has 132 valence electrons. The van der Waals surface area contributed by atoms with E-state index in [4.69, 9.17) is 9.47 Å². The Labute approximate surface area is 148 Å². The largest absolute Gasteiger partial charge is 0.493 e. The topological polar surface area (TPSA) is 59.9 Å². The number of nitrogens with zero attached hydrogens (tertiary/aromatic N) is 1. The molecule has 0 saturated heterocycles. The Balaban J connectivity index is 2.21. The van der Waals surface area contributed by atoms with Crippen molar-refractivity contribution in [1.82, 2.24) is 5.43 Å². The first-order valence-corrected chi connectivity index (χ1v) is 8.02. The number of hydrogen-bond acceptors (Lipinski definition) is 4. The Bertz CT molecular complexity index is 826. The molecule has 2 aromatic rings. The molecule has 0 unspecified atom stereocenters. The van der Waals surface area contributed by atoms with E-state index < -0.39 is 0 Å². The van der Waals surface area contributed by atoms with E-state index in [0.717, 1.165) is 16.8 Å². The van der Waals surface area contributed by atoms with Gasteiger partial charge in [0.1, 0.15) is 0 Å². The Morgan fingerprint density at radius 2 is 1.56 bits per heavy atom. The highest BCUT2D eigenvalue weighted by Crippen LogP contribution is 2.27. The second-order valence-electron chi connectivity index (χ2n) is 5.96. The molecule has 0 saturated carbocycles. The van der Waals surface area contributed by atoms with Crippen molar-refractivity contribution >= 4 is 11.6 Å². The minimum Gasteiger partial charge on any atom is -0.493 e. The molecule has 5 nitrogen and oxygen atoms in total. The van der Waals surface area contributed by atoms with E-state index in [1.807, 2.05) is 13.8 Å². The average molecular weight is 340 g/mol. The molecule has 0 spiro atoms. The number of benzene rings is 2. The number of carbonyl (C=O) groups excluding carboxylic acids is 1. The summed E-state index contributed by atoms with van der Waals surface area (Å²) in [5.41, 5.74) is 8.40. The molecule has 2 aromatic carbocycles. The van der Waals surface area contributed by atoms with Gasteiger partial charge in [0, 0.05) is 11.1 Å². The van der Waals surface area contributed by atoms with E-state index in [2.05, 4.69) is 36.5 Å². The van der Waals surface area contributed by atoms with Gasteiger partial charge in [-0.3, -0.25) is 4.79 Å². The van der Waals surface area contributed by atoms with E-state index in [-0.39, 0.29) is 5.91 Å². The van der Waals surface area contributed by atoms with Crippen LogP contribution in [0.4, 0.5) is 0 Å². The van der Waals surface area contributed by atoms with Crippen molar-refractivity contribution < 1.29 is 14.3 Å². The van der Waals surface area contributed by atoms with Gasteiger partial charge < -0.3 is 9.47 Å². The van der Waals surface area contributed by atoms with E-state index in [1.54, 1.807) is 25.3 Å². The van der Waals surface area contributed by atoms with Crippen LogP contribution in [0.15, 0.2) is 35.4 Å². The van der Waals surface area contributed by atoms with Gasteiger partial charge in [-0.1, -0.05) is 6.07 Å². The summed E-state index contributed by atoms with van der Waals surface area (Å²) in [5.74, 6) is 0.770. The summed E-state index contributed by atoms with van der Waals surface area (Å²) >= 11 is 0. The molecule has 0 aliphatic rings. The zero-order valence-electron chi connectivity index (χ0n) is 15.6. The molecule has 0 atom stereocenters. The molecule has 1 amide bonds. The number of nitrogens with one attached hydrogen (secondary N) is 1. The second kappa shape index (κ2) is 7.83. The number of rotatable bonds is 5. The van der Waals surface area contributed by atoms with Crippen LogP contribution in [0, 0.1) is 20.8 Å². The van der Waals surface area contributed by atoms with E-state index in [1.165, 1.54) is 18.2 Å². The van der Waals surface area contributed by atoms with Gasteiger partial charge in [0.2, 0.25) is 0 Å². The third kappa shape index (κ3) is 4.18. The molecule has 0 fully saturated rings. The number of amides is 1. The van der Waals surface area contributed by atoms with Crippen LogP contribution in [0.25, 0.3) is 0 Å². The average Bonchev–Trinajstić information content (AvgIpc) is 2.61. The van der Waals surface area contributed by atoms with Gasteiger partial charge in [0.05, 0.1) is 19.9 Å². The van der Waals surface area contributed by atoms with Gasteiger partial charge in [0.25, 0.3) is 5.91 Å². The van der Waals surface area contributed by atoms with Crippen LogP contribution < -0.4 is 14.9 Å². The minimum atomic E-state index is -0.304. The quantitative estimate of drug-likeness (QED) is 0.665. The van der Waals surface area contributed by atoms with Crippen LogP contribution in [0.1, 0.15) is 39.5 Å². The molecule has 0 radical (unpaired) electrons. The third-order valence-electron chi connectivity index (χ3n) is 4.20. The lowest BCUT2D eigenvalue weighted by Crippen LogP contribution is -2.19. The summed E-state index contributed by atoms with van der Waals surface area (Å²) in [6.07, 6.45) is 0. The van der Waals surface area contributed by atoms with E-state index >= 15 is 0 Å². The fourth-order valence-electron chi connectivity index (χ4n) is 2.59. The fourth-order valence-corrected chi connectivity index (χ4v) is 2.59. The van der Waals surface area contributed by atoms with Crippen LogP contribution in [-0.4, -0.2) is 25.8 Å². The fraction of sp³-hybridized carbons (Fsp3) is 0.300. The van der Waals surface area contributed by atoms with Crippen LogP contribution in [-0.2, 0) is 0 Å². The normalized spacial score (nSPS) is 11.2. The molecule has 25 heavy (non-hydrogen) atoms. The number of ether oxygens (including phenoxy) is 2. The molecule has 0 aromatic heterocycles. The Hall–Kier alpha value is -2.82. The molecule has 0 aliphatic heterocycles. The van der Waals surface area contributed by atoms with Gasteiger partial charge in [-0.25, -0.2) is 5.43 Å². The van der Waals surface area contributed by atoms with Gasteiger partial charge in [0.15, 0.2) is 11.5 Å². The monoisotopic (exact) mass is 340 g/mol. The first kappa shape index (κ1) is 18.5. The summed E-state index contributed by atoms with van der Waals surface area (Å²) in [5, 5.41) is 4.25. The lowest BCUT2D eigenvalue weighted by Gasteiger charge is -2.11. The van der Waals surface area contributed by atoms with Gasteiger partial charge >= 0.3 is 0 Å². The summed E-state index contributed by atoms with van der Waals surface area (Å²) in [7, 11) is 3.08. The summed E-state index contributed by atoms with van der Waals surface area (Å²) < 4.78 is 10.4. The maximum absolute atomic E-state index is 12.3.